The molecule has 100 valence electrons. The van der Waals surface area contributed by atoms with Crippen molar-refractivity contribution in [3.05, 3.63) is 16.0 Å². The van der Waals surface area contributed by atoms with E-state index in [1.165, 1.54) is 18.5 Å². The number of hydrogen-bond acceptors (Lipinski definition) is 4. The third-order valence-electron chi connectivity index (χ3n) is 2.86. The van der Waals surface area contributed by atoms with Crippen LogP contribution in [0, 0.1) is 0 Å². The van der Waals surface area contributed by atoms with Gasteiger partial charge in [0, 0.05) is 12.5 Å². The molecule has 0 atom stereocenters. The highest BCUT2D eigenvalue weighted by molar-refractivity contribution is 9.10. The van der Waals surface area contributed by atoms with E-state index >= 15 is 0 Å². The van der Waals surface area contributed by atoms with Crippen molar-refractivity contribution >= 4 is 33.5 Å². The Bertz CT molecular complexity index is 407. The second-order valence-electron chi connectivity index (χ2n) is 4.53. The minimum absolute atomic E-state index is 0.648. The number of halogens is 1. The van der Waals surface area contributed by atoms with Gasteiger partial charge in [0.25, 0.3) is 0 Å². The van der Waals surface area contributed by atoms with Crippen molar-refractivity contribution in [3.63, 3.8) is 0 Å². The molecule has 1 aliphatic carbocycles. The minimum Gasteiger partial charge on any atom is -0.369 e. The third kappa shape index (κ3) is 3.60. The largest absolute Gasteiger partial charge is 0.369 e. The molecule has 0 aromatic carbocycles. The molecule has 18 heavy (non-hydrogen) atoms. The Kier molecular flexibility index (Phi) is 5.30. The van der Waals surface area contributed by atoms with Gasteiger partial charge in [-0.05, 0) is 40.9 Å². The van der Waals surface area contributed by atoms with E-state index in [-0.39, 0.29) is 0 Å². The minimum atomic E-state index is 0.648. The Morgan fingerprint density at radius 1 is 1.33 bits per heavy atom. The van der Waals surface area contributed by atoms with Gasteiger partial charge < -0.3 is 5.32 Å². The van der Waals surface area contributed by atoms with Crippen LogP contribution in [0.5, 0.6) is 0 Å². The molecule has 3 nitrogen and oxygen atoms in total. The van der Waals surface area contributed by atoms with Crippen molar-refractivity contribution in [2.24, 2.45) is 0 Å². The average molecular weight is 330 g/mol. The molecule has 0 saturated heterocycles. The van der Waals surface area contributed by atoms with E-state index < -0.39 is 0 Å². The maximum atomic E-state index is 4.72. The molecule has 5 heteroatoms. The van der Waals surface area contributed by atoms with E-state index in [0.717, 1.165) is 40.6 Å². The zero-order valence-electron chi connectivity index (χ0n) is 11.0. The van der Waals surface area contributed by atoms with Gasteiger partial charge in [0.15, 0.2) is 0 Å². The van der Waals surface area contributed by atoms with Gasteiger partial charge in [-0.2, -0.15) is 11.8 Å². The summed E-state index contributed by atoms with van der Waals surface area (Å²) in [5.41, 5.74) is 1.20. The van der Waals surface area contributed by atoms with Crippen LogP contribution in [0.1, 0.15) is 50.5 Å². The summed E-state index contributed by atoms with van der Waals surface area (Å²) in [7, 11) is 0. The molecule has 1 aromatic rings. The summed E-state index contributed by atoms with van der Waals surface area (Å²) >= 11 is 5.53. The summed E-state index contributed by atoms with van der Waals surface area (Å²) in [6.45, 7) is 5.29. The maximum absolute atomic E-state index is 4.72. The van der Waals surface area contributed by atoms with Crippen LogP contribution in [0.4, 0.5) is 5.82 Å². The molecule has 2 rings (SSSR count). The van der Waals surface area contributed by atoms with Crippen molar-refractivity contribution in [3.8, 4) is 0 Å². The fourth-order valence-corrected chi connectivity index (χ4v) is 2.92. The number of nitrogens with one attached hydrogen (secondary N) is 1. The fourth-order valence-electron chi connectivity index (χ4n) is 1.76. The number of hydrogen-bond donors (Lipinski definition) is 1. The van der Waals surface area contributed by atoms with Gasteiger partial charge >= 0.3 is 0 Å². The topological polar surface area (TPSA) is 37.8 Å². The van der Waals surface area contributed by atoms with Gasteiger partial charge in [-0.1, -0.05) is 13.8 Å². The third-order valence-corrected chi connectivity index (χ3v) is 4.52. The first kappa shape index (κ1) is 14.1. The zero-order valence-corrected chi connectivity index (χ0v) is 13.4. The van der Waals surface area contributed by atoms with Crippen molar-refractivity contribution in [1.29, 1.82) is 0 Å². The van der Waals surface area contributed by atoms with Crippen LogP contribution < -0.4 is 5.32 Å². The van der Waals surface area contributed by atoms with Crippen molar-refractivity contribution in [2.45, 2.75) is 44.8 Å². The lowest BCUT2D eigenvalue weighted by atomic mass is 10.2. The van der Waals surface area contributed by atoms with E-state index in [1.54, 1.807) is 0 Å². The Labute approximate surface area is 122 Å². The predicted molar refractivity (Wildman–Crippen MR) is 82.3 cm³/mol. The van der Waals surface area contributed by atoms with E-state index in [9.17, 15) is 0 Å². The second kappa shape index (κ2) is 6.75. The van der Waals surface area contributed by atoms with Crippen LogP contribution >= 0.6 is 27.7 Å². The highest BCUT2D eigenvalue weighted by Gasteiger charge is 2.29. The molecular weight excluding hydrogens is 310 g/mol. The Morgan fingerprint density at radius 2 is 2.11 bits per heavy atom. The molecular formula is C13H20BrN3S. The molecule has 0 unspecified atom stereocenters. The van der Waals surface area contributed by atoms with Crippen molar-refractivity contribution < 1.29 is 0 Å². The Balaban J connectivity index is 2.22. The summed E-state index contributed by atoms with van der Waals surface area (Å²) in [4.78, 5) is 9.35. The highest BCUT2D eigenvalue weighted by Crippen LogP contribution is 2.43. The van der Waals surface area contributed by atoms with Gasteiger partial charge in [-0.25, -0.2) is 9.97 Å². The number of rotatable bonds is 7. The lowest BCUT2D eigenvalue weighted by Gasteiger charge is -2.12. The molecule has 0 aliphatic heterocycles. The van der Waals surface area contributed by atoms with Gasteiger partial charge in [-0.3, -0.25) is 0 Å². The summed E-state index contributed by atoms with van der Waals surface area (Å²) in [5.74, 6) is 4.60. The average Bonchev–Trinajstić information content (AvgIpc) is 3.20. The first-order valence-electron chi connectivity index (χ1n) is 6.64. The normalized spacial score (nSPS) is 14.8. The number of anilines is 1. The van der Waals surface area contributed by atoms with E-state index in [1.807, 2.05) is 11.8 Å². The van der Waals surface area contributed by atoms with Crippen molar-refractivity contribution in [1.82, 2.24) is 9.97 Å². The lowest BCUT2D eigenvalue weighted by Crippen LogP contribution is -2.08. The highest BCUT2D eigenvalue weighted by atomic mass is 79.9. The van der Waals surface area contributed by atoms with Crippen LogP contribution in [0.2, 0.25) is 0 Å². The van der Waals surface area contributed by atoms with E-state index in [2.05, 4.69) is 40.1 Å². The number of thioether (sulfide) groups is 1. The monoisotopic (exact) mass is 329 g/mol. The van der Waals surface area contributed by atoms with Crippen LogP contribution in [-0.4, -0.2) is 22.3 Å². The lowest BCUT2D eigenvalue weighted by molar-refractivity contribution is 0.901. The smallest absolute Gasteiger partial charge is 0.144 e. The molecule has 1 heterocycles. The SMILES string of the molecule is CCCNc1nc(CSCC)nc(C2CC2)c1Br. The van der Waals surface area contributed by atoms with Gasteiger partial charge in [0.1, 0.15) is 11.6 Å². The molecule has 1 aromatic heterocycles. The summed E-state index contributed by atoms with van der Waals surface area (Å²) < 4.78 is 1.07. The van der Waals surface area contributed by atoms with E-state index in [4.69, 9.17) is 4.98 Å². The molecule has 1 saturated carbocycles. The maximum Gasteiger partial charge on any atom is 0.144 e. The van der Waals surface area contributed by atoms with Crippen LogP contribution in [0.3, 0.4) is 0 Å². The standard InChI is InChI=1S/C13H20BrN3S/c1-3-7-15-13-11(14)12(9-5-6-9)16-10(17-13)8-18-4-2/h9H,3-8H2,1-2H3,(H,15,16,17). The predicted octanol–water partition coefficient (Wildman–Crippen LogP) is 4.19. The van der Waals surface area contributed by atoms with E-state index in [0.29, 0.717) is 5.92 Å². The second-order valence-corrected chi connectivity index (χ2v) is 6.59. The fraction of sp³-hybridized carbons (Fsp3) is 0.692. The van der Waals surface area contributed by atoms with Gasteiger partial charge in [-0.15, -0.1) is 0 Å². The molecule has 0 bridgehead atoms. The molecule has 1 fully saturated rings. The first-order valence-corrected chi connectivity index (χ1v) is 8.58. The van der Waals surface area contributed by atoms with Crippen LogP contribution in [-0.2, 0) is 5.75 Å². The van der Waals surface area contributed by atoms with Crippen LogP contribution in [0.15, 0.2) is 4.47 Å². The molecule has 0 spiro atoms. The Hall–Kier alpha value is -0.290. The van der Waals surface area contributed by atoms with Gasteiger partial charge in [0.2, 0.25) is 0 Å². The number of aromatic nitrogens is 2. The number of nitrogens with zero attached hydrogens (tertiary/aromatic N) is 2. The van der Waals surface area contributed by atoms with Gasteiger partial charge in [0.05, 0.1) is 15.9 Å². The molecule has 0 radical (unpaired) electrons. The first-order chi connectivity index (χ1) is 8.76. The summed E-state index contributed by atoms with van der Waals surface area (Å²) in [5, 5.41) is 3.40. The summed E-state index contributed by atoms with van der Waals surface area (Å²) in [6.07, 6.45) is 3.64. The Morgan fingerprint density at radius 3 is 2.72 bits per heavy atom. The molecule has 0 amide bonds. The van der Waals surface area contributed by atoms with Crippen LogP contribution in [0.25, 0.3) is 0 Å². The van der Waals surface area contributed by atoms with Crippen molar-refractivity contribution in [2.75, 3.05) is 17.6 Å². The quantitative estimate of drug-likeness (QED) is 0.813. The molecule has 1 aliphatic rings. The summed E-state index contributed by atoms with van der Waals surface area (Å²) in [6, 6.07) is 0. The molecule has 1 N–H and O–H groups in total. The zero-order chi connectivity index (χ0) is 13.0.